The smallest absolute Gasteiger partial charge is 0.165 e. The fourth-order valence-electron chi connectivity index (χ4n) is 2.92. The zero-order valence-corrected chi connectivity index (χ0v) is 12.7. The zero-order chi connectivity index (χ0) is 15.5. The van der Waals surface area contributed by atoms with Gasteiger partial charge in [-0.3, -0.25) is 4.90 Å². The van der Waals surface area contributed by atoms with Crippen molar-refractivity contribution in [2.45, 2.75) is 13.5 Å². The third kappa shape index (κ3) is 2.92. The second kappa shape index (κ2) is 6.36. The molecule has 0 spiro atoms. The minimum atomic E-state index is -0.376. The molecule has 1 N–H and O–H groups in total. The van der Waals surface area contributed by atoms with Gasteiger partial charge >= 0.3 is 0 Å². The molecule has 22 heavy (non-hydrogen) atoms. The minimum absolute atomic E-state index is 0.151. The largest absolute Gasteiger partial charge is 0.504 e. The van der Waals surface area contributed by atoms with E-state index in [0.29, 0.717) is 32.0 Å². The summed E-state index contributed by atoms with van der Waals surface area (Å²) in [5, 5.41) is 10.3. The van der Waals surface area contributed by atoms with Crippen LogP contribution in [0.5, 0.6) is 11.5 Å². The summed E-state index contributed by atoms with van der Waals surface area (Å²) in [4.78, 5) is 2.01. The number of alkyl halides is 1. The molecule has 4 heteroatoms. The molecule has 0 bridgehead atoms. The van der Waals surface area contributed by atoms with Crippen LogP contribution in [0.2, 0.25) is 0 Å². The highest BCUT2D eigenvalue weighted by molar-refractivity contribution is 5.71. The van der Waals surface area contributed by atoms with E-state index < -0.39 is 0 Å². The van der Waals surface area contributed by atoms with Gasteiger partial charge in [-0.2, -0.15) is 0 Å². The molecule has 0 saturated heterocycles. The summed E-state index contributed by atoms with van der Waals surface area (Å²) in [6.45, 7) is 3.77. The summed E-state index contributed by atoms with van der Waals surface area (Å²) >= 11 is 0. The Kier molecular flexibility index (Phi) is 4.29. The second-order valence-electron chi connectivity index (χ2n) is 5.61. The van der Waals surface area contributed by atoms with Crippen LogP contribution in [0.25, 0.3) is 11.1 Å². The Morgan fingerprint density at radius 3 is 2.86 bits per heavy atom. The fraction of sp³-hybridized carbons (Fsp3) is 0.333. The van der Waals surface area contributed by atoms with Gasteiger partial charge in [0.1, 0.15) is 13.3 Å². The van der Waals surface area contributed by atoms with Gasteiger partial charge in [0.15, 0.2) is 11.5 Å². The molecule has 0 unspecified atom stereocenters. The molecule has 2 aromatic rings. The monoisotopic (exact) mass is 301 g/mol. The number of ether oxygens (including phenoxy) is 1. The number of fused-ring (bicyclic) bond motifs is 1. The van der Waals surface area contributed by atoms with Crippen molar-refractivity contribution >= 4 is 0 Å². The standard InChI is InChI=1S/C18H20FNO2/c1-13-4-2-3-5-16(13)14-10-15-12-20(7-6-19)8-9-22-18(15)17(21)11-14/h2-5,10-11,21H,6-9,12H2,1H3. The van der Waals surface area contributed by atoms with Crippen molar-refractivity contribution in [3.8, 4) is 22.6 Å². The number of aromatic hydroxyl groups is 1. The summed E-state index contributed by atoms with van der Waals surface area (Å²) in [5.74, 6) is 0.677. The van der Waals surface area contributed by atoms with Crippen LogP contribution < -0.4 is 4.74 Å². The van der Waals surface area contributed by atoms with Crippen molar-refractivity contribution in [1.82, 2.24) is 4.90 Å². The van der Waals surface area contributed by atoms with Crippen molar-refractivity contribution in [2.75, 3.05) is 26.4 Å². The lowest BCUT2D eigenvalue weighted by atomic mass is 9.98. The maximum absolute atomic E-state index is 12.6. The van der Waals surface area contributed by atoms with Gasteiger partial charge in [0.2, 0.25) is 0 Å². The van der Waals surface area contributed by atoms with Crippen LogP contribution in [-0.2, 0) is 6.54 Å². The molecule has 1 heterocycles. The molecule has 0 radical (unpaired) electrons. The first-order valence-corrected chi connectivity index (χ1v) is 7.52. The first kappa shape index (κ1) is 14.9. The molecule has 0 atom stereocenters. The number of benzene rings is 2. The van der Waals surface area contributed by atoms with E-state index in [1.807, 2.05) is 42.2 Å². The van der Waals surface area contributed by atoms with Crippen LogP contribution in [0, 0.1) is 6.92 Å². The lowest BCUT2D eigenvalue weighted by Crippen LogP contribution is -2.27. The lowest BCUT2D eigenvalue weighted by molar-refractivity contribution is 0.209. The maximum atomic E-state index is 12.6. The molecule has 2 aromatic carbocycles. The highest BCUT2D eigenvalue weighted by atomic mass is 19.1. The molecule has 1 aliphatic heterocycles. The van der Waals surface area contributed by atoms with Gasteiger partial charge in [0.05, 0.1) is 0 Å². The Balaban J connectivity index is 2.02. The topological polar surface area (TPSA) is 32.7 Å². The van der Waals surface area contributed by atoms with Crippen molar-refractivity contribution in [2.24, 2.45) is 0 Å². The van der Waals surface area contributed by atoms with Crippen LogP contribution >= 0.6 is 0 Å². The summed E-state index contributed by atoms with van der Waals surface area (Å²) in [7, 11) is 0. The number of phenolic OH excluding ortho intramolecular Hbond substituents is 1. The molecular formula is C18H20FNO2. The van der Waals surface area contributed by atoms with E-state index in [0.717, 1.165) is 22.3 Å². The van der Waals surface area contributed by atoms with E-state index in [1.54, 1.807) is 6.07 Å². The summed E-state index contributed by atoms with van der Waals surface area (Å²) in [6.07, 6.45) is 0. The van der Waals surface area contributed by atoms with Gasteiger partial charge in [0.25, 0.3) is 0 Å². The van der Waals surface area contributed by atoms with Crippen LogP contribution in [0.3, 0.4) is 0 Å². The molecular weight excluding hydrogens is 281 g/mol. The third-order valence-corrected chi connectivity index (χ3v) is 4.05. The van der Waals surface area contributed by atoms with Gasteiger partial charge in [-0.05, 0) is 35.7 Å². The number of phenols is 1. The molecule has 1 aliphatic rings. The first-order valence-electron chi connectivity index (χ1n) is 7.52. The minimum Gasteiger partial charge on any atom is -0.504 e. The van der Waals surface area contributed by atoms with Gasteiger partial charge in [-0.15, -0.1) is 0 Å². The Morgan fingerprint density at radius 1 is 1.27 bits per heavy atom. The van der Waals surface area contributed by atoms with Crippen molar-refractivity contribution in [3.63, 3.8) is 0 Å². The molecule has 3 nitrogen and oxygen atoms in total. The van der Waals surface area contributed by atoms with Gasteiger partial charge in [0, 0.05) is 25.2 Å². The predicted octanol–water partition coefficient (Wildman–Crippen LogP) is 3.53. The molecule has 0 fully saturated rings. The molecule has 0 saturated carbocycles. The van der Waals surface area contributed by atoms with Gasteiger partial charge in [-0.25, -0.2) is 4.39 Å². The van der Waals surface area contributed by atoms with Crippen LogP contribution in [-0.4, -0.2) is 36.4 Å². The summed E-state index contributed by atoms with van der Waals surface area (Å²) in [5.41, 5.74) is 4.10. The van der Waals surface area contributed by atoms with Crippen molar-refractivity contribution in [3.05, 3.63) is 47.5 Å². The van der Waals surface area contributed by atoms with Crippen LogP contribution in [0.1, 0.15) is 11.1 Å². The van der Waals surface area contributed by atoms with E-state index in [4.69, 9.17) is 4.74 Å². The van der Waals surface area contributed by atoms with E-state index in [9.17, 15) is 9.50 Å². The molecule has 116 valence electrons. The lowest BCUT2D eigenvalue weighted by Gasteiger charge is -2.17. The van der Waals surface area contributed by atoms with E-state index in [2.05, 4.69) is 0 Å². The Morgan fingerprint density at radius 2 is 2.09 bits per heavy atom. The predicted molar refractivity (Wildman–Crippen MR) is 85.0 cm³/mol. The Hall–Kier alpha value is -2.07. The highest BCUT2D eigenvalue weighted by Gasteiger charge is 2.19. The molecule has 3 rings (SSSR count). The number of aryl methyl sites for hydroxylation is 1. The highest BCUT2D eigenvalue weighted by Crippen LogP contribution is 2.38. The number of halogens is 1. The van der Waals surface area contributed by atoms with Gasteiger partial charge < -0.3 is 9.84 Å². The van der Waals surface area contributed by atoms with Crippen LogP contribution in [0.4, 0.5) is 4.39 Å². The Labute approximate surface area is 130 Å². The molecule has 0 aliphatic carbocycles. The molecule has 0 aromatic heterocycles. The second-order valence-corrected chi connectivity index (χ2v) is 5.61. The number of hydrogen-bond donors (Lipinski definition) is 1. The van der Waals surface area contributed by atoms with Crippen molar-refractivity contribution in [1.29, 1.82) is 0 Å². The van der Waals surface area contributed by atoms with Crippen molar-refractivity contribution < 1.29 is 14.2 Å². The SMILES string of the molecule is Cc1ccccc1-c1cc(O)c2c(c1)CN(CCF)CCO2. The quantitative estimate of drug-likeness (QED) is 0.941. The van der Waals surface area contributed by atoms with E-state index in [1.165, 1.54) is 0 Å². The summed E-state index contributed by atoms with van der Waals surface area (Å²) < 4.78 is 18.3. The average Bonchev–Trinajstić information content (AvgIpc) is 2.70. The zero-order valence-electron chi connectivity index (χ0n) is 12.7. The number of rotatable bonds is 3. The number of nitrogens with zero attached hydrogens (tertiary/aromatic N) is 1. The number of hydrogen-bond acceptors (Lipinski definition) is 3. The van der Waals surface area contributed by atoms with Crippen LogP contribution in [0.15, 0.2) is 36.4 Å². The Bertz CT molecular complexity index is 672. The van der Waals surface area contributed by atoms with Gasteiger partial charge in [-0.1, -0.05) is 24.3 Å². The summed E-state index contributed by atoms with van der Waals surface area (Å²) in [6, 6.07) is 11.8. The average molecular weight is 301 g/mol. The normalized spacial score (nSPS) is 15.0. The maximum Gasteiger partial charge on any atom is 0.165 e. The van der Waals surface area contributed by atoms with E-state index >= 15 is 0 Å². The first-order chi connectivity index (χ1) is 10.7. The third-order valence-electron chi connectivity index (χ3n) is 4.05. The van der Waals surface area contributed by atoms with E-state index in [-0.39, 0.29) is 12.4 Å². The fourth-order valence-corrected chi connectivity index (χ4v) is 2.92. The molecule has 0 amide bonds.